The third-order valence-corrected chi connectivity index (χ3v) is 6.19. The normalized spacial score (nSPS) is 13.9. The van der Waals surface area contributed by atoms with Crippen molar-refractivity contribution in [1.29, 1.82) is 0 Å². The maximum atomic E-state index is 13.1. The predicted octanol–water partition coefficient (Wildman–Crippen LogP) is 3.25. The Morgan fingerprint density at radius 3 is 2.53 bits per heavy atom. The van der Waals surface area contributed by atoms with Crippen molar-refractivity contribution in [3.05, 3.63) is 71.8 Å². The highest BCUT2D eigenvalue weighted by molar-refractivity contribution is 5.93. The number of nitrogens with zero attached hydrogens (tertiary/aromatic N) is 6. The average Bonchev–Trinajstić information content (AvgIpc) is 3.49. The summed E-state index contributed by atoms with van der Waals surface area (Å²) in [5.74, 6) is 1.47. The largest absolute Gasteiger partial charge is 0.496 e. The highest BCUT2D eigenvalue weighted by atomic mass is 16.5. The first-order valence-electron chi connectivity index (χ1n) is 11.3. The van der Waals surface area contributed by atoms with Crippen molar-refractivity contribution < 1.29 is 9.53 Å². The van der Waals surface area contributed by atoms with E-state index < -0.39 is 0 Å². The minimum absolute atomic E-state index is 0.0501. The van der Waals surface area contributed by atoms with Gasteiger partial charge in [0.05, 0.1) is 29.9 Å². The molecule has 5 rings (SSSR count). The molecule has 0 saturated carbocycles. The van der Waals surface area contributed by atoms with E-state index in [9.17, 15) is 4.79 Å². The zero-order valence-electron chi connectivity index (χ0n) is 19.5. The van der Waals surface area contributed by atoms with E-state index in [4.69, 9.17) is 9.84 Å². The Hall–Kier alpha value is -4.14. The third-order valence-electron chi connectivity index (χ3n) is 6.19. The van der Waals surface area contributed by atoms with E-state index in [1.165, 1.54) is 0 Å². The smallest absolute Gasteiger partial charge is 0.272 e. The van der Waals surface area contributed by atoms with E-state index >= 15 is 0 Å². The highest BCUT2D eigenvalue weighted by Crippen LogP contribution is 2.29. The number of hydrogen-bond donors (Lipinski definition) is 1. The molecule has 0 aliphatic carbocycles. The fraction of sp³-hybridized carbons (Fsp3) is 0.280. The Kier molecular flexibility index (Phi) is 5.75. The van der Waals surface area contributed by atoms with Crippen molar-refractivity contribution in [2.24, 2.45) is 0 Å². The van der Waals surface area contributed by atoms with E-state index in [0.717, 1.165) is 47.3 Å². The number of ether oxygens (including phenoxy) is 1. The van der Waals surface area contributed by atoms with Crippen LogP contribution in [0.3, 0.4) is 0 Å². The summed E-state index contributed by atoms with van der Waals surface area (Å²) in [5.41, 5.74) is 5.12. The molecule has 0 atom stereocenters. The third kappa shape index (κ3) is 3.89. The number of aromatic nitrogens is 5. The lowest BCUT2D eigenvalue weighted by Gasteiger charge is -2.36. The van der Waals surface area contributed by atoms with E-state index in [1.54, 1.807) is 19.4 Å². The standard InChI is InChI=1S/C25H27N7O2/c1-17-24(18(2)32(29-17)23-10-6-7-11-26-23)30-12-14-31(15-13-30)25(33)21-16-20(27-28-21)19-8-4-5-9-22(19)34-3/h4-11,16H,12-15H2,1-3H3,(H,27,28). The van der Waals surface area contributed by atoms with Crippen LogP contribution in [0.5, 0.6) is 5.75 Å². The van der Waals surface area contributed by atoms with Gasteiger partial charge in [0.15, 0.2) is 5.82 Å². The maximum Gasteiger partial charge on any atom is 0.272 e. The number of aryl methyl sites for hydroxylation is 1. The number of H-pyrrole nitrogens is 1. The molecule has 34 heavy (non-hydrogen) atoms. The maximum absolute atomic E-state index is 13.1. The molecule has 3 aromatic heterocycles. The van der Waals surface area contributed by atoms with Gasteiger partial charge < -0.3 is 14.5 Å². The van der Waals surface area contributed by atoms with Gasteiger partial charge in [0, 0.05) is 37.9 Å². The van der Waals surface area contributed by atoms with Crippen LogP contribution in [0.1, 0.15) is 21.9 Å². The van der Waals surface area contributed by atoms with Crippen molar-refractivity contribution >= 4 is 11.6 Å². The van der Waals surface area contributed by atoms with Gasteiger partial charge in [-0.05, 0) is 44.2 Å². The van der Waals surface area contributed by atoms with Gasteiger partial charge in [-0.3, -0.25) is 9.89 Å². The van der Waals surface area contributed by atoms with Gasteiger partial charge in [-0.15, -0.1) is 0 Å². The number of carbonyl (C=O) groups is 1. The SMILES string of the molecule is COc1ccccc1-c1cc(C(=O)N2CCN(c3c(C)nn(-c4ccccn4)c3C)CC2)[nH]n1. The van der Waals surface area contributed by atoms with Crippen molar-refractivity contribution in [2.75, 3.05) is 38.2 Å². The number of carbonyl (C=O) groups excluding carboxylic acids is 1. The van der Waals surface area contributed by atoms with E-state index in [1.807, 2.05) is 59.0 Å². The molecule has 0 unspecified atom stereocenters. The molecule has 0 spiro atoms. The van der Waals surface area contributed by atoms with E-state index in [-0.39, 0.29) is 5.91 Å². The Morgan fingerprint density at radius 2 is 1.79 bits per heavy atom. The average molecular weight is 458 g/mol. The van der Waals surface area contributed by atoms with Gasteiger partial charge in [-0.2, -0.15) is 10.2 Å². The van der Waals surface area contributed by atoms with Crippen molar-refractivity contribution in [3.63, 3.8) is 0 Å². The van der Waals surface area contributed by atoms with Gasteiger partial charge in [0.25, 0.3) is 5.91 Å². The zero-order chi connectivity index (χ0) is 23.7. The molecular weight excluding hydrogens is 430 g/mol. The van der Waals surface area contributed by atoms with Crippen LogP contribution in [0, 0.1) is 13.8 Å². The highest BCUT2D eigenvalue weighted by Gasteiger charge is 2.27. The molecule has 1 saturated heterocycles. The molecule has 0 radical (unpaired) electrons. The number of benzene rings is 1. The van der Waals surface area contributed by atoms with Gasteiger partial charge in [-0.25, -0.2) is 9.67 Å². The van der Waals surface area contributed by atoms with Crippen molar-refractivity contribution in [1.82, 2.24) is 29.9 Å². The lowest BCUT2D eigenvalue weighted by Crippen LogP contribution is -2.49. The summed E-state index contributed by atoms with van der Waals surface area (Å²) in [6, 6.07) is 15.2. The molecule has 174 valence electrons. The second kappa shape index (κ2) is 9.01. The van der Waals surface area contributed by atoms with Crippen LogP contribution in [0.2, 0.25) is 0 Å². The summed E-state index contributed by atoms with van der Waals surface area (Å²) in [7, 11) is 1.63. The monoisotopic (exact) mass is 457 g/mol. The van der Waals surface area contributed by atoms with Crippen molar-refractivity contribution in [2.45, 2.75) is 13.8 Å². The summed E-state index contributed by atoms with van der Waals surface area (Å²) >= 11 is 0. The first kappa shape index (κ1) is 21.7. The number of aromatic amines is 1. The van der Waals surface area contributed by atoms with E-state index in [0.29, 0.717) is 24.5 Å². The molecule has 1 amide bonds. The van der Waals surface area contributed by atoms with Gasteiger partial charge >= 0.3 is 0 Å². The first-order valence-corrected chi connectivity index (χ1v) is 11.3. The molecule has 1 aliphatic rings. The lowest BCUT2D eigenvalue weighted by molar-refractivity contribution is 0.0741. The number of para-hydroxylation sites is 1. The van der Waals surface area contributed by atoms with Crippen LogP contribution in [-0.2, 0) is 0 Å². The quantitative estimate of drug-likeness (QED) is 0.495. The number of anilines is 1. The molecule has 1 aliphatic heterocycles. The van der Waals surface area contributed by atoms with Crippen LogP contribution in [0.25, 0.3) is 17.1 Å². The molecule has 9 heteroatoms. The number of amides is 1. The molecule has 9 nitrogen and oxygen atoms in total. The number of pyridine rings is 1. The Morgan fingerprint density at radius 1 is 1.03 bits per heavy atom. The summed E-state index contributed by atoms with van der Waals surface area (Å²) < 4.78 is 7.30. The number of piperazine rings is 1. The molecule has 4 heterocycles. The fourth-order valence-corrected chi connectivity index (χ4v) is 4.52. The summed E-state index contributed by atoms with van der Waals surface area (Å²) in [5, 5.41) is 12.0. The molecule has 1 fully saturated rings. The topological polar surface area (TPSA) is 92.2 Å². The Labute approximate surface area is 198 Å². The van der Waals surface area contributed by atoms with Gasteiger partial charge in [0.2, 0.25) is 0 Å². The van der Waals surface area contributed by atoms with Gasteiger partial charge in [0.1, 0.15) is 11.4 Å². The summed E-state index contributed by atoms with van der Waals surface area (Å²) in [6.07, 6.45) is 1.77. The summed E-state index contributed by atoms with van der Waals surface area (Å²) in [6.45, 7) is 6.78. The van der Waals surface area contributed by atoms with Crippen LogP contribution < -0.4 is 9.64 Å². The molecular formula is C25H27N7O2. The summed E-state index contributed by atoms with van der Waals surface area (Å²) in [4.78, 5) is 21.7. The van der Waals surface area contributed by atoms with Crippen molar-refractivity contribution in [3.8, 4) is 22.8 Å². The second-order valence-electron chi connectivity index (χ2n) is 8.27. The number of methoxy groups -OCH3 is 1. The molecule has 1 aromatic carbocycles. The molecule has 0 bridgehead atoms. The predicted molar refractivity (Wildman–Crippen MR) is 130 cm³/mol. The second-order valence-corrected chi connectivity index (χ2v) is 8.27. The first-order chi connectivity index (χ1) is 16.6. The van der Waals surface area contributed by atoms with Crippen LogP contribution in [0.4, 0.5) is 5.69 Å². The minimum atomic E-state index is -0.0501. The van der Waals surface area contributed by atoms with Gasteiger partial charge in [-0.1, -0.05) is 18.2 Å². The molecule has 4 aromatic rings. The Bertz CT molecular complexity index is 1300. The fourth-order valence-electron chi connectivity index (χ4n) is 4.52. The van der Waals surface area contributed by atoms with Crippen LogP contribution in [-0.4, -0.2) is 69.1 Å². The van der Waals surface area contributed by atoms with Crippen LogP contribution >= 0.6 is 0 Å². The van der Waals surface area contributed by atoms with Crippen LogP contribution in [0.15, 0.2) is 54.7 Å². The lowest BCUT2D eigenvalue weighted by atomic mass is 10.1. The number of hydrogen-bond acceptors (Lipinski definition) is 6. The zero-order valence-corrected chi connectivity index (χ0v) is 19.5. The number of rotatable bonds is 5. The Balaban J connectivity index is 1.29. The number of nitrogens with one attached hydrogen (secondary N) is 1. The molecule has 1 N–H and O–H groups in total. The minimum Gasteiger partial charge on any atom is -0.496 e. The van der Waals surface area contributed by atoms with E-state index in [2.05, 4.69) is 27.0 Å².